The zero-order valence-corrected chi connectivity index (χ0v) is 8.23. The number of hydrogen-bond acceptors (Lipinski definition) is 1. The highest BCUT2D eigenvalue weighted by Gasteiger charge is 2.27. The Bertz CT molecular complexity index is 301. The molecule has 0 amide bonds. The van der Waals surface area contributed by atoms with E-state index in [2.05, 4.69) is 5.10 Å². The van der Waals surface area contributed by atoms with Crippen molar-refractivity contribution in [1.82, 2.24) is 9.78 Å². The molecule has 0 unspecified atom stereocenters. The second-order valence-corrected chi connectivity index (χ2v) is 3.20. The molecule has 0 radical (unpaired) electrons. The molecule has 0 aliphatic carbocycles. The Morgan fingerprint density at radius 2 is 2.07 bits per heavy atom. The highest BCUT2D eigenvalue weighted by molar-refractivity contribution is 5.15. The van der Waals surface area contributed by atoms with Crippen LogP contribution in [0.4, 0.5) is 13.2 Å². The fourth-order valence-corrected chi connectivity index (χ4v) is 1.29. The van der Waals surface area contributed by atoms with Gasteiger partial charge in [-0.25, -0.2) is 0 Å². The third-order valence-electron chi connectivity index (χ3n) is 2.19. The van der Waals surface area contributed by atoms with Gasteiger partial charge in [-0.1, -0.05) is 6.92 Å². The first-order chi connectivity index (χ1) is 6.44. The molecule has 1 rings (SSSR count). The molecule has 2 nitrogen and oxygen atoms in total. The molecule has 0 aliphatic rings. The van der Waals surface area contributed by atoms with Crippen molar-refractivity contribution in [2.45, 2.75) is 39.4 Å². The summed E-state index contributed by atoms with van der Waals surface area (Å²) in [5.41, 5.74) is 1.84. The fraction of sp³-hybridized carbons (Fsp3) is 0.667. The van der Waals surface area contributed by atoms with Crippen LogP contribution in [0.2, 0.25) is 0 Å². The van der Waals surface area contributed by atoms with Gasteiger partial charge in [-0.3, -0.25) is 4.68 Å². The molecule has 0 fully saturated rings. The van der Waals surface area contributed by atoms with Crippen LogP contribution < -0.4 is 0 Å². The predicted octanol–water partition coefficient (Wildman–Crippen LogP) is 2.71. The number of rotatable bonds is 3. The Kier molecular flexibility index (Phi) is 3.18. The lowest BCUT2D eigenvalue weighted by atomic mass is 10.2. The van der Waals surface area contributed by atoms with Crippen LogP contribution in [0.5, 0.6) is 0 Å². The number of aryl methyl sites for hydroxylation is 2. The van der Waals surface area contributed by atoms with Crippen LogP contribution in [0, 0.1) is 6.92 Å². The van der Waals surface area contributed by atoms with Crippen LogP contribution in [-0.2, 0) is 13.0 Å². The first-order valence-corrected chi connectivity index (χ1v) is 4.52. The van der Waals surface area contributed by atoms with E-state index in [1.807, 2.05) is 6.92 Å². The molecule has 0 N–H and O–H groups in total. The summed E-state index contributed by atoms with van der Waals surface area (Å²) in [4.78, 5) is 0. The number of halogens is 3. The largest absolute Gasteiger partial charge is 0.390 e. The maximum Gasteiger partial charge on any atom is 0.390 e. The van der Waals surface area contributed by atoms with Crippen molar-refractivity contribution < 1.29 is 13.2 Å². The van der Waals surface area contributed by atoms with Crippen molar-refractivity contribution in [3.63, 3.8) is 0 Å². The summed E-state index contributed by atoms with van der Waals surface area (Å²) in [7, 11) is 0. The number of alkyl halides is 3. The van der Waals surface area contributed by atoms with Gasteiger partial charge in [0.25, 0.3) is 0 Å². The second kappa shape index (κ2) is 4.02. The van der Waals surface area contributed by atoms with Gasteiger partial charge in [0.1, 0.15) is 0 Å². The predicted molar refractivity (Wildman–Crippen MR) is 47.0 cm³/mol. The van der Waals surface area contributed by atoms with Gasteiger partial charge in [-0.15, -0.1) is 0 Å². The minimum Gasteiger partial charge on any atom is -0.269 e. The van der Waals surface area contributed by atoms with Crippen LogP contribution in [-0.4, -0.2) is 16.0 Å². The normalized spacial score (nSPS) is 12.1. The van der Waals surface area contributed by atoms with E-state index in [4.69, 9.17) is 0 Å². The minimum absolute atomic E-state index is 0.0880. The van der Waals surface area contributed by atoms with E-state index < -0.39 is 12.6 Å². The van der Waals surface area contributed by atoms with E-state index in [1.165, 1.54) is 4.68 Å². The van der Waals surface area contributed by atoms with Gasteiger partial charge in [0.2, 0.25) is 0 Å². The molecule has 80 valence electrons. The molecule has 14 heavy (non-hydrogen) atoms. The average Bonchev–Trinajstić information content (AvgIpc) is 2.42. The smallest absolute Gasteiger partial charge is 0.269 e. The van der Waals surface area contributed by atoms with E-state index in [1.54, 1.807) is 13.1 Å². The van der Waals surface area contributed by atoms with E-state index in [0.29, 0.717) is 0 Å². The van der Waals surface area contributed by atoms with Crippen LogP contribution in [0.25, 0.3) is 0 Å². The molecule has 1 aromatic heterocycles. The summed E-state index contributed by atoms with van der Waals surface area (Å²) in [5, 5.41) is 3.91. The SMILES string of the molecule is CCc1cnn(CCC(F)(F)F)c1C. The van der Waals surface area contributed by atoms with Gasteiger partial charge in [-0.2, -0.15) is 18.3 Å². The van der Waals surface area contributed by atoms with Crippen molar-refractivity contribution in [2.24, 2.45) is 0 Å². The maximum atomic E-state index is 11.9. The summed E-state index contributed by atoms with van der Waals surface area (Å²) in [6.45, 7) is 3.66. The number of nitrogens with zero attached hydrogens (tertiary/aromatic N) is 2. The highest BCUT2D eigenvalue weighted by atomic mass is 19.4. The molecular formula is C9H13F3N2. The Balaban J connectivity index is 2.64. The molecule has 0 aromatic carbocycles. The number of aromatic nitrogens is 2. The van der Waals surface area contributed by atoms with Crippen LogP contribution in [0.15, 0.2) is 6.20 Å². The van der Waals surface area contributed by atoms with Crippen LogP contribution >= 0.6 is 0 Å². The fourth-order valence-electron chi connectivity index (χ4n) is 1.29. The topological polar surface area (TPSA) is 17.8 Å². The van der Waals surface area contributed by atoms with Crippen LogP contribution in [0.1, 0.15) is 24.6 Å². The van der Waals surface area contributed by atoms with Gasteiger partial charge >= 0.3 is 6.18 Å². The molecule has 0 spiro atoms. The lowest BCUT2D eigenvalue weighted by Crippen LogP contribution is -2.13. The monoisotopic (exact) mass is 206 g/mol. The molecule has 0 saturated carbocycles. The quantitative estimate of drug-likeness (QED) is 0.743. The van der Waals surface area contributed by atoms with Gasteiger partial charge < -0.3 is 0 Å². The van der Waals surface area contributed by atoms with E-state index in [-0.39, 0.29) is 6.54 Å². The van der Waals surface area contributed by atoms with Gasteiger partial charge in [-0.05, 0) is 18.9 Å². The van der Waals surface area contributed by atoms with E-state index >= 15 is 0 Å². The van der Waals surface area contributed by atoms with Crippen LogP contribution in [0.3, 0.4) is 0 Å². The average molecular weight is 206 g/mol. The summed E-state index contributed by atoms with van der Waals surface area (Å²) < 4.78 is 37.2. The first-order valence-electron chi connectivity index (χ1n) is 4.52. The van der Waals surface area contributed by atoms with Gasteiger partial charge in [0.15, 0.2) is 0 Å². The summed E-state index contributed by atoms with van der Waals surface area (Å²) >= 11 is 0. The van der Waals surface area contributed by atoms with Crippen molar-refractivity contribution >= 4 is 0 Å². The Morgan fingerprint density at radius 1 is 1.43 bits per heavy atom. The Labute approximate surface area is 80.7 Å². The van der Waals surface area contributed by atoms with E-state index in [0.717, 1.165) is 17.7 Å². The van der Waals surface area contributed by atoms with Crippen molar-refractivity contribution in [3.05, 3.63) is 17.5 Å². The summed E-state index contributed by atoms with van der Waals surface area (Å²) in [6.07, 6.45) is -2.49. The minimum atomic E-state index is -4.11. The lowest BCUT2D eigenvalue weighted by molar-refractivity contribution is -0.137. The van der Waals surface area contributed by atoms with Crippen molar-refractivity contribution in [2.75, 3.05) is 0 Å². The van der Waals surface area contributed by atoms with Gasteiger partial charge in [0, 0.05) is 12.2 Å². The molecular weight excluding hydrogens is 193 g/mol. The first kappa shape index (κ1) is 11.1. The molecule has 1 heterocycles. The molecule has 1 aromatic rings. The zero-order valence-electron chi connectivity index (χ0n) is 8.23. The van der Waals surface area contributed by atoms with Crippen molar-refractivity contribution in [1.29, 1.82) is 0 Å². The molecule has 5 heteroatoms. The summed E-state index contributed by atoms with van der Waals surface area (Å²) in [5.74, 6) is 0. The Morgan fingerprint density at radius 3 is 2.50 bits per heavy atom. The Hall–Kier alpha value is -1.00. The van der Waals surface area contributed by atoms with Crippen molar-refractivity contribution in [3.8, 4) is 0 Å². The standard InChI is InChI=1S/C9H13F3N2/c1-3-8-6-13-14(7(8)2)5-4-9(10,11)12/h6H,3-5H2,1-2H3. The molecule has 0 bridgehead atoms. The van der Waals surface area contributed by atoms with E-state index in [9.17, 15) is 13.2 Å². The molecule has 0 atom stereocenters. The third-order valence-corrected chi connectivity index (χ3v) is 2.19. The highest BCUT2D eigenvalue weighted by Crippen LogP contribution is 2.20. The maximum absolute atomic E-state index is 11.9. The molecule has 0 aliphatic heterocycles. The van der Waals surface area contributed by atoms with Gasteiger partial charge in [0.05, 0.1) is 12.6 Å². The number of hydrogen-bond donors (Lipinski definition) is 0. The summed E-state index contributed by atoms with van der Waals surface area (Å²) in [6, 6.07) is 0. The molecule has 0 saturated heterocycles. The zero-order chi connectivity index (χ0) is 10.8. The second-order valence-electron chi connectivity index (χ2n) is 3.20. The lowest BCUT2D eigenvalue weighted by Gasteiger charge is -2.07. The third kappa shape index (κ3) is 2.75.